The number of nitrogens with zero attached hydrogens (tertiary/aromatic N) is 6. The summed E-state index contributed by atoms with van der Waals surface area (Å²) in [6.45, 7) is 10.8. The number of amides is 2. The summed E-state index contributed by atoms with van der Waals surface area (Å²) in [5, 5.41) is 28.3. The molecule has 0 radical (unpaired) electrons. The molecule has 226 valence electrons. The van der Waals surface area contributed by atoms with Gasteiger partial charge in [0.15, 0.2) is 0 Å². The van der Waals surface area contributed by atoms with E-state index < -0.39 is 17.7 Å². The molecule has 7 rings (SSSR count). The van der Waals surface area contributed by atoms with E-state index in [1.165, 1.54) is 17.7 Å². The maximum atomic E-state index is 13.9. The Balaban J connectivity index is 0.00000343. The van der Waals surface area contributed by atoms with Crippen LogP contribution in [0.5, 0.6) is 0 Å². The molecular weight excluding hydrogens is 567 g/mol. The van der Waals surface area contributed by atoms with Crippen LogP contribution in [0.25, 0.3) is 27.9 Å². The Morgan fingerprint density at radius 2 is 1.89 bits per heavy atom. The zero-order chi connectivity index (χ0) is 30.4. The number of aliphatic hydroxyl groups excluding tert-OH is 1. The number of aryl methyl sites for hydroxylation is 1. The molecule has 4 atom stereocenters. The fourth-order valence-corrected chi connectivity index (χ4v) is 7.45. The number of fused-ring (bicyclic) bond motifs is 4. The molecule has 1 saturated heterocycles. The van der Waals surface area contributed by atoms with Crippen LogP contribution in [-0.4, -0.2) is 70.2 Å². The summed E-state index contributed by atoms with van der Waals surface area (Å²) in [4.78, 5) is 34.2. The smallest absolute Gasteiger partial charge is 0.530 e. The van der Waals surface area contributed by atoms with E-state index in [1.54, 1.807) is 17.6 Å². The quantitative estimate of drug-likeness (QED) is 0.330. The predicted octanol–water partition coefficient (Wildman–Crippen LogP) is 1.17. The molecule has 4 aromatic heterocycles. The van der Waals surface area contributed by atoms with Gasteiger partial charge >= 0.3 is 29.6 Å². The summed E-state index contributed by atoms with van der Waals surface area (Å²) >= 11 is 0. The second-order valence-electron chi connectivity index (χ2n) is 13.8. The molecule has 2 aliphatic carbocycles. The molecule has 3 fully saturated rings. The average Bonchev–Trinajstić information content (AvgIpc) is 3.28. The van der Waals surface area contributed by atoms with Crippen LogP contribution in [0.3, 0.4) is 0 Å². The maximum absolute atomic E-state index is 13.9. The number of likely N-dealkylation sites (tertiary alicyclic amines) is 1. The van der Waals surface area contributed by atoms with Crippen molar-refractivity contribution in [3.8, 4) is 11.4 Å². The molecule has 1 N–H and O–H groups in total. The monoisotopic (exact) mass is 606 g/mol. The van der Waals surface area contributed by atoms with Crippen LogP contribution in [0.4, 0.5) is 4.79 Å². The van der Waals surface area contributed by atoms with Crippen LogP contribution in [0.15, 0.2) is 36.5 Å². The van der Waals surface area contributed by atoms with Gasteiger partial charge < -0.3 is 29.4 Å². The van der Waals surface area contributed by atoms with Gasteiger partial charge in [-0.15, -0.1) is 0 Å². The van der Waals surface area contributed by atoms with Gasteiger partial charge in [-0.05, 0) is 102 Å². The number of piperidine rings is 1. The van der Waals surface area contributed by atoms with E-state index in [0.29, 0.717) is 23.7 Å². The van der Waals surface area contributed by atoms with Crippen LogP contribution < -0.4 is 34.7 Å². The number of aromatic nitrogens is 4. The number of hydrogen-bond acceptors (Lipinski definition) is 6. The van der Waals surface area contributed by atoms with E-state index >= 15 is 0 Å². The van der Waals surface area contributed by atoms with E-state index in [1.807, 2.05) is 49.9 Å². The molecule has 4 aromatic rings. The van der Waals surface area contributed by atoms with Gasteiger partial charge in [0.05, 0.1) is 40.7 Å². The Morgan fingerprint density at radius 3 is 2.55 bits per heavy atom. The van der Waals surface area contributed by atoms with Gasteiger partial charge in [0.1, 0.15) is 17.4 Å². The minimum absolute atomic E-state index is 0. The third kappa shape index (κ3) is 5.13. The van der Waals surface area contributed by atoms with E-state index in [0.717, 1.165) is 52.9 Å². The first-order valence-corrected chi connectivity index (χ1v) is 15.4. The SMILES string of the molecule is Cc1c(-c2cc3ccc(C(C)O)nc3n2CC2CC2)nn2cc(C(=O)N3CC4CCC3[C@@H]4N(C(=O)[O-])C(C)(C)C)ccc12.[Na+]. The van der Waals surface area contributed by atoms with Crippen molar-refractivity contribution < 1.29 is 49.4 Å². The van der Waals surface area contributed by atoms with Crippen molar-refractivity contribution >= 4 is 28.6 Å². The average molecular weight is 607 g/mol. The second kappa shape index (κ2) is 11.2. The minimum atomic E-state index is -1.18. The summed E-state index contributed by atoms with van der Waals surface area (Å²) in [5.41, 5.74) is 5.19. The van der Waals surface area contributed by atoms with Gasteiger partial charge in [-0.3, -0.25) is 4.79 Å². The molecule has 1 aliphatic heterocycles. The van der Waals surface area contributed by atoms with E-state index in [9.17, 15) is 19.8 Å². The Bertz CT molecular complexity index is 1770. The molecule has 3 unspecified atom stereocenters. The number of rotatable bonds is 6. The Kier molecular flexibility index (Phi) is 7.88. The third-order valence-electron chi connectivity index (χ3n) is 9.72. The Labute approximate surface area is 279 Å². The van der Waals surface area contributed by atoms with Crippen LogP contribution in [0, 0.1) is 18.8 Å². The van der Waals surface area contributed by atoms with Gasteiger partial charge in [0.25, 0.3) is 5.91 Å². The van der Waals surface area contributed by atoms with Crippen LogP contribution >= 0.6 is 0 Å². The summed E-state index contributed by atoms with van der Waals surface area (Å²) in [6, 6.07) is 9.38. The van der Waals surface area contributed by atoms with Crippen molar-refractivity contribution in [3.05, 3.63) is 53.3 Å². The van der Waals surface area contributed by atoms with Crippen molar-refractivity contribution in [2.24, 2.45) is 11.8 Å². The van der Waals surface area contributed by atoms with E-state index in [-0.39, 0.29) is 53.5 Å². The van der Waals surface area contributed by atoms with Gasteiger partial charge in [-0.1, -0.05) is 0 Å². The number of hydrogen-bond donors (Lipinski definition) is 1. The second-order valence-corrected chi connectivity index (χ2v) is 13.8. The molecule has 3 aliphatic rings. The Morgan fingerprint density at radius 1 is 1.14 bits per heavy atom. The summed E-state index contributed by atoms with van der Waals surface area (Å²) in [7, 11) is 0. The fraction of sp³-hybridized carbons (Fsp3) is 0.515. The number of aliphatic hydroxyl groups is 1. The first kappa shape index (κ1) is 31.1. The molecule has 2 amide bonds. The van der Waals surface area contributed by atoms with Crippen molar-refractivity contribution in [2.75, 3.05) is 6.54 Å². The van der Waals surface area contributed by atoms with Crippen LogP contribution in [0.1, 0.15) is 81.1 Å². The maximum Gasteiger partial charge on any atom is 1.00 e. The van der Waals surface area contributed by atoms with Crippen LogP contribution in [0.2, 0.25) is 0 Å². The third-order valence-corrected chi connectivity index (χ3v) is 9.72. The largest absolute Gasteiger partial charge is 1.00 e. The van der Waals surface area contributed by atoms with Crippen molar-refractivity contribution in [3.63, 3.8) is 0 Å². The first-order valence-electron chi connectivity index (χ1n) is 15.4. The topological polar surface area (TPSA) is 119 Å². The number of pyridine rings is 2. The summed E-state index contributed by atoms with van der Waals surface area (Å²) in [6.07, 6.45) is 4.05. The summed E-state index contributed by atoms with van der Waals surface area (Å²) < 4.78 is 4.03. The number of carbonyl (C=O) groups is 2. The predicted molar refractivity (Wildman–Crippen MR) is 160 cm³/mol. The number of carbonyl (C=O) groups excluding carboxylic acids is 2. The van der Waals surface area contributed by atoms with E-state index in [2.05, 4.69) is 17.6 Å². The molecular formula is C33H39N6NaO4. The van der Waals surface area contributed by atoms with Crippen LogP contribution in [-0.2, 0) is 6.54 Å². The Hall–Kier alpha value is -2.92. The first-order chi connectivity index (χ1) is 20.4. The molecule has 2 saturated carbocycles. The standard InChI is InChI=1S/C33H40N6O4.Na/c1-18-25-12-10-23(31(41)37-16-22-9-13-26(37)29(22)39(32(42)43)33(3,4)5)17-38(25)35-28(18)27-14-21-8-11-24(19(2)40)34-30(21)36(27)15-20-6-7-20;/h8,10-12,14,17,19-20,22,26,29,40H,6-7,9,13,15-16H2,1-5H3,(H,42,43);/q;+1/p-1/t19?,22?,26?,29-;/m1./s1. The van der Waals surface area contributed by atoms with Crippen molar-refractivity contribution in [1.82, 2.24) is 29.0 Å². The zero-order valence-electron chi connectivity index (χ0n) is 26.4. The molecule has 44 heavy (non-hydrogen) atoms. The van der Waals surface area contributed by atoms with Gasteiger partial charge in [-0.2, -0.15) is 5.10 Å². The minimum Gasteiger partial charge on any atom is -0.530 e. The fourth-order valence-electron chi connectivity index (χ4n) is 7.45. The van der Waals surface area contributed by atoms with Crippen molar-refractivity contribution in [2.45, 2.75) is 90.6 Å². The van der Waals surface area contributed by atoms with Gasteiger partial charge in [-0.25, -0.2) is 9.50 Å². The summed E-state index contributed by atoms with van der Waals surface area (Å²) in [5.74, 6) is 0.613. The molecule has 5 heterocycles. The van der Waals surface area contributed by atoms with Gasteiger partial charge in [0.2, 0.25) is 0 Å². The normalized spacial score (nSPS) is 22.0. The number of carboxylic acid groups (broad SMARTS) is 1. The molecule has 0 aromatic carbocycles. The van der Waals surface area contributed by atoms with Crippen molar-refractivity contribution in [1.29, 1.82) is 0 Å². The molecule has 11 heteroatoms. The van der Waals surface area contributed by atoms with E-state index in [4.69, 9.17) is 10.1 Å². The molecule has 2 bridgehead atoms. The molecule has 0 spiro atoms. The van der Waals surface area contributed by atoms with Gasteiger partial charge in [0, 0.05) is 35.8 Å². The zero-order valence-corrected chi connectivity index (χ0v) is 28.4. The molecule has 10 nitrogen and oxygen atoms in total.